The molecule has 1 heterocycles. The zero-order valence-corrected chi connectivity index (χ0v) is 14.1. The van der Waals surface area contributed by atoms with E-state index in [9.17, 15) is 8.42 Å². The fraction of sp³-hybridized carbons (Fsp3) is 0.267. The Morgan fingerprint density at radius 2 is 1.65 bits per heavy atom. The van der Waals surface area contributed by atoms with Crippen LogP contribution in [0.25, 0.3) is 0 Å². The van der Waals surface area contributed by atoms with Crippen LogP contribution >= 0.6 is 0 Å². The van der Waals surface area contributed by atoms with E-state index in [4.69, 9.17) is 14.2 Å². The third-order valence-electron chi connectivity index (χ3n) is 3.25. The second kappa shape index (κ2) is 6.74. The summed E-state index contributed by atoms with van der Waals surface area (Å²) >= 11 is 0. The van der Waals surface area contributed by atoms with E-state index in [2.05, 4.69) is 4.98 Å². The monoisotopic (exact) mass is 338 g/mol. The molecule has 0 N–H and O–H groups in total. The molecule has 0 atom stereocenters. The van der Waals surface area contributed by atoms with E-state index in [-0.39, 0.29) is 10.7 Å². The predicted octanol–water partition coefficient (Wildman–Crippen LogP) is 1.93. The van der Waals surface area contributed by atoms with Crippen LogP contribution in [0.4, 0.5) is 5.82 Å². The van der Waals surface area contributed by atoms with E-state index in [0.717, 1.165) is 4.31 Å². The minimum Gasteiger partial charge on any atom is -0.493 e. The normalized spacial score (nSPS) is 11.0. The number of rotatable bonds is 6. The zero-order chi connectivity index (χ0) is 17.0. The maximum atomic E-state index is 12.7. The van der Waals surface area contributed by atoms with Crippen molar-refractivity contribution in [3.63, 3.8) is 0 Å². The van der Waals surface area contributed by atoms with E-state index in [0.29, 0.717) is 17.4 Å². The Bertz CT molecular complexity index is 792. The lowest BCUT2D eigenvalue weighted by Gasteiger charge is -2.19. The summed E-state index contributed by atoms with van der Waals surface area (Å²) < 4.78 is 41.9. The summed E-state index contributed by atoms with van der Waals surface area (Å²) in [6.07, 6.45) is 0. The highest BCUT2D eigenvalue weighted by atomic mass is 32.2. The summed E-state index contributed by atoms with van der Waals surface area (Å²) in [6, 6.07) is 9.29. The van der Waals surface area contributed by atoms with Crippen molar-refractivity contribution in [2.45, 2.75) is 4.90 Å². The molecule has 0 amide bonds. The maximum Gasteiger partial charge on any atom is 0.265 e. The molecule has 1 aromatic heterocycles. The third-order valence-corrected chi connectivity index (χ3v) is 5.01. The average molecular weight is 338 g/mol. The van der Waals surface area contributed by atoms with Gasteiger partial charge >= 0.3 is 0 Å². The first-order valence-electron chi connectivity index (χ1n) is 6.66. The number of sulfonamides is 1. The van der Waals surface area contributed by atoms with Gasteiger partial charge in [0, 0.05) is 19.2 Å². The quantitative estimate of drug-likeness (QED) is 0.801. The standard InChI is InChI=1S/C15H18N2O5S/c1-17(14-6-5-7-15(16-14)22-4)23(18,19)11-8-9-12(20-2)13(10-11)21-3/h5-10H,1-4H3. The number of ether oxygens (including phenoxy) is 3. The first-order valence-corrected chi connectivity index (χ1v) is 8.10. The maximum absolute atomic E-state index is 12.7. The molecule has 0 bridgehead atoms. The van der Waals surface area contributed by atoms with E-state index in [1.54, 1.807) is 24.3 Å². The Hall–Kier alpha value is -2.48. The largest absolute Gasteiger partial charge is 0.493 e. The van der Waals surface area contributed by atoms with Crippen molar-refractivity contribution in [1.29, 1.82) is 0 Å². The minimum absolute atomic E-state index is 0.0715. The van der Waals surface area contributed by atoms with Gasteiger partial charge in [-0.15, -0.1) is 0 Å². The molecule has 0 spiro atoms. The van der Waals surface area contributed by atoms with Crippen molar-refractivity contribution >= 4 is 15.8 Å². The minimum atomic E-state index is -3.79. The number of aromatic nitrogens is 1. The molecule has 0 aliphatic carbocycles. The van der Waals surface area contributed by atoms with Crippen LogP contribution in [0, 0.1) is 0 Å². The fourth-order valence-electron chi connectivity index (χ4n) is 1.95. The Morgan fingerprint density at radius 3 is 2.26 bits per heavy atom. The van der Waals surface area contributed by atoms with Crippen molar-refractivity contribution in [1.82, 2.24) is 4.98 Å². The van der Waals surface area contributed by atoms with Gasteiger partial charge < -0.3 is 14.2 Å². The average Bonchev–Trinajstić information content (AvgIpc) is 2.60. The van der Waals surface area contributed by atoms with Gasteiger partial charge in [-0.3, -0.25) is 4.31 Å². The molecule has 124 valence electrons. The lowest BCUT2D eigenvalue weighted by molar-refractivity contribution is 0.354. The van der Waals surface area contributed by atoms with E-state index in [1.807, 2.05) is 0 Å². The number of nitrogens with zero attached hydrogens (tertiary/aromatic N) is 2. The van der Waals surface area contributed by atoms with Gasteiger partial charge in [0.2, 0.25) is 5.88 Å². The predicted molar refractivity (Wildman–Crippen MR) is 85.9 cm³/mol. The molecular formula is C15H18N2O5S. The fourth-order valence-corrected chi connectivity index (χ4v) is 3.11. The molecule has 7 nitrogen and oxygen atoms in total. The Balaban J connectivity index is 2.44. The van der Waals surface area contributed by atoms with Gasteiger partial charge in [-0.1, -0.05) is 6.07 Å². The highest BCUT2D eigenvalue weighted by Crippen LogP contribution is 2.31. The molecule has 23 heavy (non-hydrogen) atoms. The number of methoxy groups -OCH3 is 3. The molecule has 0 unspecified atom stereocenters. The van der Waals surface area contributed by atoms with Gasteiger partial charge in [0.05, 0.1) is 26.2 Å². The molecule has 2 aromatic rings. The van der Waals surface area contributed by atoms with Crippen LogP contribution in [0.5, 0.6) is 17.4 Å². The van der Waals surface area contributed by atoms with E-state index >= 15 is 0 Å². The number of benzene rings is 1. The smallest absolute Gasteiger partial charge is 0.265 e. The molecule has 0 radical (unpaired) electrons. The molecular weight excluding hydrogens is 320 g/mol. The molecule has 0 aliphatic rings. The molecule has 0 saturated carbocycles. The van der Waals surface area contributed by atoms with Gasteiger partial charge in [-0.05, 0) is 18.2 Å². The summed E-state index contributed by atoms with van der Waals surface area (Å²) in [4.78, 5) is 4.20. The highest BCUT2D eigenvalue weighted by molar-refractivity contribution is 7.92. The summed E-state index contributed by atoms with van der Waals surface area (Å²) in [6.45, 7) is 0. The van der Waals surface area contributed by atoms with Gasteiger partial charge in [-0.25, -0.2) is 8.42 Å². The lowest BCUT2D eigenvalue weighted by atomic mass is 10.3. The topological polar surface area (TPSA) is 78.0 Å². The number of hydrogen-bond acceptors (Lipinski definition) is 6. The van der Waals surface area contributed by atoms with Crippen LogP contribution in [0.1, 0.15) is 0 Å². The van der Waals surface area contributed by atoms with Crippen molar-refractivity contribution in [3.8, 4) is 17.4 Å². The zero-order valence-electron chi connectivity index (χ0n) is 13.3. The summed E-state index contributed by atoms with van der Waals surface area (Å²) in [5, 5.41) is 0. The molecule has 2 rings (SSSR count). The Kier molecular flexibility index (Phi) is 4.95. The number of hydrogen-bond donors (Lipinski definition) is 0. The molecule has 1 aromatic carbocycles. The lowest BCUT2D eigenvalue weighted by Crippen LogP contribution is -2.27. The van der Waals surface area contributed by atoms with Crippen molar-refractivity contribution in [2.24, 2.45) is 0 Å². The van der Waals surface area contributed by atoms with Gasteiger partial charge in [0.1, 0.15) is 5.82 Å². The van der Waals surface area contributed by atoms with Crippen LogP contribution in [0.2, 0.25) is 0 Å². The number of anilines is 1. The van der Waals surface area contributed by atoms with E-state index < -0.39 is 10.0 Å². The number of pyridine rings is 1. The van der Waals surface area contributed by atoms with E-state index in [1.165, 1.54) is 40.5 Å². The van der Waals surface area contributed by atoms with Crippen molar-refractivity contribution in [3.05, 3.63) is 36.4 Å². The van der Waals surface area contributed by atoms with Gasteiger partial charge in [-0.2, -0.15) is 4.98 Å². The van der Waals surface area contributed by atoms with Gasteiger partial charge in [0.15, 0.2) is 11.5 Å². The second-order valence-corrected chi connectivity index (χ2v) is 6.50. The highest BCUT2D eigenvalue weighted by Gasteiger charge is 2.24. The van der Waals surface area contributed by atoms with Crippen molar-refractivity contribution in [2.75, 3.05) is 32.7 Å². The van der Waals surface area contributed by atoms with Crippen LogP contribution in [0.3, 0.4) is 0 Å². The molecule has 0 saturated heterocycles. The van der Waals surface area contributed by atoms with Crippen LogP contribution in [-0.4, -0.2) is 41.8 Å². The van der Waals surface area contributed by atoms with Crippen molar-refractivity contribution < 1.29 is 22.6 Å². The second-order valence-electron chi connectivity index (χ2n) is 4.53. The SMILES string of the molecule is COc1cccc(N(C)S(=O)(=O)c2ccc(OC)c(OC)c2)n1. The summed E-state index contributed by atoms with van der Waals surface area (Å²) in [7, 11) is 2.03. The van der Waals surface area contributed by atoms with Gasteiger partial charge in [0.25, 0.3) is 10.0 Å². The van der Waals surface area contributed by atoms with Crippen LogP contribution < -0.4 is 18.5 Å². The third kappa shape index (κ3) is 3.31. The summed E-state index contributed by atoms with van der Waals surface area (Å²) in [5.74, 6) is 1.37. The first kappa shape index (κ1) is 16.9. The Morgan fingerprint density at radius 1 is 0.957 bits per heavy atom. The molecule has 8 heteroatoms. The van der Waals surface area contributed by atoms with Crippen LogP contribution in [-0.2, 0) is 10.0 Å². The Labute approximate surface area is 135 Å². The molecule has 0 aliphatic heterocycles. The first-order chi connectivity index (χ1) is 10.9. The molecule has 0 fully saturated rings. The van der Waals surface area contributed by atoms with Crippen LogP contribution in [0.15, 0.2) is 41.3 Å². The summed E-state index contributed by atoms with van der Waals surface area (Å²) in [5.41, 5.74) is 0.